The topological polar surface area (TPSA) is 20.3 Å². The van der Waals surface area contributed by atoms with Crippen molar-refractivity contribution in [1.82, 2.24) is 4.31 Å². The van der Waals surface area contributed by atoms with E-state index in [4.69, 9.17) is 11.6 Å². The zero-order chi connectivity index (χ0) is 12.9. The number of fused-ring (bicyclic) bond motifs is 1. The lowest BCUT2D eigenvalue weighted by Crippen LogP contribution is -2.19. The zero-order valence-electron chi connectivity index (χ0n) is 10.3. The maximum atomic E-state index is 12.6. The van der Waals surface area contributed by atoms with Crippen molar-refractivity contribution in [3.63, 3.8) is 0 Å². The third-order valence-corrected chi connectivity index (χ3v) is 6.52. The van der Waals surface area contributed by atoms with Crippen LogP contribution in [0.25, 0.3) is 0 Å². The lowest BCUT2D eigenvalue weighted by Gasteiger charge is -2.18. The highest BCUT2D eigenvalue weighted by molar-refractivity contribution is 8.03. The van der Waals surface area contributed by atoms with Gasteiger partial charge in [0.05, 0.1) is 4.90 Å². The van der Waals surface area contributed by atoms with Gasteiger partial charge in [0.15, 0.2) is 11.0 Å². The minimum absolute atomic E-state index is 0.314. The Balaban J connectivity index is 2.22. The average Bonchev–Trinajstić information content (AvgIpc) is 2.82. The summed E-state index contributed by atoms with van der Waals surface area (Å²) in [6.07, 6.45) is 1.01. The van der Waals surface area contributed by atoms with Crippen LogP contribution in [0.5, 0.6) is 0 Å². The predicted octanol–water partition coefficient (Wildman–Crippen LogP) is 3.76. The van der Waals surface area contributed by atoms with Crippen molar-refractivity contribution in [2.45, 2.75) is 24.2 Å². The smallest absolute Gasteiger partial charge is 0.152 e. The maximum Gasteiger partial charge on any atom is 0.152 e. The molecule has 0 N–H and O–H groups in total. The highest BCUT2D eigenvalue weighted by Gasteiger charge is 2.32. The van der Waals surface area contributed by atoms with Crippen molar-refractivity contribution in [3.05, 3.63) is 39.4 Å². The lowest BCUT2D eigenvalue weighted by atomic mass is 9.99. The molecule has 0 saturated heterocycles. The third kappa shape index (κ3) is 1.82. The molecule has 0 radical (unpaired) electrons. The van der Waals surface area contributed by atoms with Gasteiger partial charge in [0.1, 0.15) is 0 Å². The molecule has 3 rings (SSSR count). The predicted molar refractivity (Wildman–Crippen MR) is 78.1 cm³/mol. The minimum Gasteiger partial charge on any atom is -0.294 e. The average molecular weight is 300 g/mol. The molecule has 2 nitrogen and oxygen atoms in total. The van der Waals surface area contributed by atoms with Gasteiger partial charge in [0.2, 0.25) is 0 Å². The highest BCUT2D eigenvalue weighted by atomic mass is 35.5. The summed E-state index contributed by atoms with van der Waals surface area (Å²) in [5.74, 6) is 1.41. The molecule has 0 amide bonds. The Labute approximate surface area is 119 Å². The number of rotatable bonds is 0. The van der Waals surface area contributed by atoms with Crippen LogP contribution < -0.4 is 0 Å². The summed E-state index contributed by atoms with van der Waals surface area (Å²) >= 11 is 7.93. The van der Waals surface area contributed by atoms with E-state index < -0.39 is 11.0 Å². The first kappa shape index (κ1) is 12.6. The van der Waals surface area contributed by atoms with Gasteiger partial charge in [0.25, 0.3) is 0 Å². The molecule has 96 valence electrons. The van der Waals surface area contributed by atoms with Gasteiger partial charge in [-0.1, -0.05) is 24.6 Å². The first-order valence-electron chi connectivity index (χ1n) is 5.90. The van der Waals surface area contributed by atoms with Gasteiger partial charge in [-0.3, -0.25) is 4.31 Å². The molecule has 2 aliphatic rings. The molecule has 0 bridgehead atoms. The molecule has 0 aliphatic carbocycles. The second kappa shape index (κ2) is 4.58. The van der Waals surface area contributed by atoms with Gasteiger partial charge < -0.3 is 0 Å². The van der Waals surface area contributed by atoms with Crippen LogP contribution in [0.1, 0.15) is 24.8 Å². The van der Waals surface area contributed by atoms with Crippen LogP contribution >= 0.6 is 23.4 Å². The van der Waals surface area contributed by atoms with E-state index in [2.05, 4.69) is 6.92 Å². The molecule has 2 heterocycles. The zero-order valence-corrected chi connectivity index (χ0v) is 12.7. The summed E-state index contributed by atoms with van der Waals surface area (Å²) in [4.78, 5) is 2.22. The highest BCUT2D eigenvalue weighted by Crippen LogP contribution is 2.46. The molecule has 2 unspecified atom stereocenters. The SMILES string of the molecule is CC1C2=C(CCS2)N(C)S(=O)c2cc(Cl)ccc21. The summed E-state index contributed by atoms with van der Waals surface area (Å²) < 4.78 is 14.5. The molecular formula is C13H14ClNOS2. The number of hydrogen-bond donors (Lipinski definition) is 0. The number of benzene rings is 1. The molecule has 5 heteroatoms. The second-order valence-corrected chi connectivity index (χ2v) is 7.62. The first-order chi connectivity index (χ1) is 8.59. The van der Waals surface area contributed by atoms with Gasteiger partial charge in [-0.05, 0) is 24.1 Å². The number of nitrogens with zero attached hydrogens (tertiary/aromatic N) is 1. The van der Waals surface area contributed by atoms with Crippen molar-refractivity contribution < 1.29 is 4.21 Å². The van der Waals surface area contributed by atoms with Crippen molar-refractivity contribution in [1.29, 1.82) is 0 Å². The number of allylic oxidation sites excluding steroid dienone is 2. The van der Waals surface area contributed by atoms with Crippen LogP contribution in [0.4, 0.5) is 0 Å². The molecule has 2 atom stereocenters. The summed E-state index contributed by atoms with van der Waals surface area (Å²) in [5.41, 5.74) is 2.38. The van der Waals surface area contributed by atoms with Gasteiger partial charge in [-0.25, -0.2) is 4.21 Å². The molecule has 1 aromatic carbocycles. The van der Waals surface area contributed by atoms with Crippen molar-refractivity contribution in [2.24, 2.45) is 0 Å². The normalized spacial score (nSPS) is 26.9. The van der Waals surface area contributed by atoms with Crippen molar-refractivity contribution in [2.75, 3.05) is 12.8 Å². The fraction of sp³-hybridized carbons (Fsp3) is 0.385. The monoisotopic (exact) mass is 299 g/mol. The molecule has 0 fully saturated rings. The fourth-order valence-corrected chi connectivity index (χ4v) is 5.51. The van der Waals surface area contributed by atoms with Gasteiger partial charge >= 0.3 is 0 Å². The quantitative estimate of drug-likeness (QED) is 0.727. The standard InChI is InChI=1S/C13H14ClNOS2/c1-8-10-4-3-9(14)7-12(10)18(16)15(2)11-5-6-17-13(8)11/h3-4,7-8H,5-6H2,1-2H3. The van der Waals surface area contributed by atoms with Crippen molar-refractivity contribution >= 4 is 34.3 Å². The molecule has 2 aliphatic heterocycles. The van der Waals surface area contributed by atoms with Crippen LogP contribution in [0, 0.1) is 0 Å². The lowest BCUT2D eigenvalue weighted by molar-refractivity contribution is 0.594. The first-order valence-corrected chi connectivity index (χ1v) is 8.37. The Morgan fingerprint density at radius 1 is 1.50 bits per heavy atom. The molecule has 0 saturated carbocycles. The van der Waals surface area contributed by atoms with E-state index in [-0.39, 0.29) is 0 Å². The summed E-state index contributed by atoms with van der Waals surface area (Å²) in [6.45, 7) is 2.19. The van der Waals surface area contributed by atoms with Crippen LogP contribution in [-0.4, -0.2) is 21.3 Å². The molecule has 18 heavy (non-hydrogen) atoms. The Bertz CT molecular complexity index is 570. The molecule has 0 aromatic heterocycles. The minimum atomic E-state index is -1.14. The van der Waals surface area contributed by atoms with Gasteiger partial charge in [-0.15, -0.1) is 11.8 Å². The number of hydrogen-bond acceptors (Lipinski definition) is 2. The van der Waals surface area contributed by atoms with E-state index in [1.807, 2.05) is 41.3 Å². The van der Waals surface area contributed by atoms with Crippen molar-refractivity contribution in [3.8, 4) is 0 Å². The summed E-state index contributed by atoms with van der Waals surface area (Å²) in [7, 11) is 0.776. The van der Waals surface area contributed by atoms with Gasteiger partial charge in [0, 0.05) is 34.3 Å². The van der Waals surface area contributed by atoms with Crippen LogP contribution in [0.2, 0.25) is 5.02 Å². The molecule has 1 aromatic rings. The van der Waals surface area contributed by atoms with E-state index in [1.54, 1.807) is 0 Å². The van der Waals surface area contributed by atoms with E-state index in [9.17, 15) is 4.21 Å². The fourth-order valence-electron chi connectivity index (χ4n) is 2.56. The largest absolute Gasteiger partial charge is 0.294 e. The number of halogens is 1. The summed E-state index contributed by atoms with van der Waals surface area (Å²) in [5, 5.41) is 0.650. The van der Waals surface area contributed by atoms with Crippen LogP contribution in [-0.2, 0) is 11.0 Å². The van der Waals surface area contributed by atoms with E-state index >= 15 is 0 Å². The molecular weight excluding hydrogens is 286 g/mol. The number of thioether (sulfide) groups is 1. The van der Waals surface area contributed by atoms with Gasteiger partial charge in [-0.2, -0.15) is 0 Å². The van der Waals surface area contributed by atoms with E-state index in [0.717, 1.165) is 22.6 Å². The molecule has 0 spiro atoms. The van der Waals surface area contributed by atoms with Crippen LogP contribution in [0.15, 0.2) is 33.7 Å². The third-order valence-electron chi connectivity index (χ3n) is 3.53. The Morgan fingerprint density at radius 3 is 3.06 bits per heavy atom. The van der Waals surface area contributed by atoms with E-state index in [1.165, 1.54) is 10.6 Å². The van der Waals surface area contributed by atoms with E-state index in [0.29, 0.717) is 10.9 Å². The summed E-state index contributed by atoms with van der Waals surface area (Å²) in [6, 6.07) is 5.75. The van der Waals surface area contributed by atoms with Crippen LogP contribution in [0.3, 0.4) is 0 Å². The maximum absolute atomic E-state index is 12.6. The Hall–Kier alpha value is -0.450. The second-order valence-electron chi connectivity index (χ2n) is 4.56. The Morgan fingerprint density at radius 2 is 2.28 bits per heavy atom. The Kier molecular flexibility index (Phi) is 3.20.